The molecule has 0 radical (unpaired) electrons. The number of carbonyl (C=O) groups excluding carboxylic acids is 3. The first-order valence-corrected chi connectivity index (χ1v) is 18.6. The lowest BCUT2D eigenvalue weighted by Crippen LogP contribution is -2.61. The van der Waals surface area contributed by atoms with Gasteiger partial charge >= 0.3 is 11.9 Å². The highest BCUT2D eigenvalue weighted by Gasteiger charge is 2.51. The van der Waals surface area contributed by atoms with Crippen molar-refractivity contribution in [2.24, 2.45) is 39.7 Å². The number of aliphatic hydroxyl groups excluding tert-OH is 3. The molecule has 1 amide bonds. The van der Waals surface area contributed by atoms with Crippen molar-refractivity contribution < 1.29 is 59.0 Å². The van der Waals surface area contributed by atoms with Gasteiger partial charge in [0.1, 0.15) is 17.8 Å². The number of likely N-dealkylation sites (N-methyl/N-ethyl adjacent to an activating group) is 1. The molecule has 2 rings (SSSR count). The third kappa shape index (κ3) is 10.5. The van der Waals surface area contributed by atoms with Gasteiger partial charge in [-0.2, -0.15) is 0 Å². The van der Waals surface area contributed by atoms with Gasteiger partial charge in [-0.3, -0.25) is 9.59 Å². The van der Waals surface area contributed by atoms with Crippen molar-refractivity contribution >= 4 is 23.6 Å². The standard InChI is InChI=1S/C38H68N2O12/c1-16-25-38(14,48)29(43)21(4)26(39-52-34(46)36(10,11)12)19(2)18-37(13,47)30(22(5)27(41)23(6)31(44)50-25)51-32-28(42)24(17-20(3)49-32)40(15)33(45)35(7,8)9/h19-25,27-30,32,41-43,47-48H,16-18H2,1-15H3/t19-,20-,21+,22+,23-,24+,25-,27+,28-,29-,30-,32+,37?,38-/m1/s1. The lowest BCUT2D eigenvalue weighted by molar-refractivity contribution is -0.298. The van der Waals surface area contributed by atoms with Crippen LogP contribution in [0.5, 0.6) is 0 Å². The zero-order chi connectivity index (χ0) is 40.5. The maximum atomic E-state index is 13.5. The number of esters is 1. The van der Waals surface area contributed by atoms with E-state index in [2.05, 4.69) is 5.16 Å². The summed E-state index contributed by atoms with van der Waals surface area (Å²) in [5, 5.41) is 63.1. The highest BCUT2D eigenvalue weighted by molar-refractivity contribution is 5.89. The van der Waals surface area contributed by atoms with Crippen molar-refractivity contribution in [1.82, 2.24) is 4.90 Å². The first-order valence-electron chi connectivity index (χ1n) is 18.6. The molecule has 1 unspecified atom stereocenters. The Hall–Kier alpha value is -2.20. The molecule has 0 spiro atoms. The van der Waals surface area contributed by atoms with Gasteiger partial charge in [0.25, 0.3) is 0 Å². The number of carbonyl (C=O) groups is 3. The van der Waals surface area contributed by atoms with Crippen molar-refractivity contribution in [3.05, 3.63) is 0 Å². The minimum Gasteiger partial charge on any atom is -0.459 e. The number of hydrogen-bond acceptors (Lipinski definition) is 13. The summed E-state index contributed by atoms with van der Waals surface area (Å²) in [4.78, 5) is 46.4. The number of rotatable bonds is 5. The molecule has 2 heterocycles. The van der Waals surface area contributed by atoms with Crippen LogP contribution in [-0.2, 0) is 33.4 Å². The summed E-state index contributed by atoms with van der Waals surface area (Å²) in [6.45, 7) is 22.9. The van der Waals surface area contributed by atoms with Gasteiger partial charge in [0.05, 0.1) is 53.1 Å². The second kappa shape index (κ2) is 17.1. The zero-order valence-electron chi connectivity index (χ0n) is 34.0. The minimum absolute atomic E-state index is 0.116. The Morgan fingerprint density at radius 3 is 2.00 bits per heavy atom. The SMILES string of the molecule is CC[C@H]1OC(=O)[C@H](C)[C@@H](O)[C@H](C)[C@@H](O[C@@H]2O[C@H](C)C[C@H](N(C)C(=O)C(C)(C)C)[C@H]2O)C(C)(O)C[C@@H](C)C(=NOC(=O)C(C)(C)C)[C@H](C)[C@@H](O)[C@]1(C)O. The molecule has 302 valence electrons. The Kier molecular flexibility index (Phi) is 15.1. The molecule has 5 N–H and O–H groups in total. The molecule has 2 aliphatic rings. The Bertz CT molecular complexity index is 1270. The van der Waals surface area contributed by atoms with Crippen LogP contribution >= 0.6 is 0 Å². The molecule has 2 aliphatic heterocycles. The molecule has 14 atom stereocenters. The van der Waals surface area contributed by atoms with Gasteiger partial charge in [-0.1, -0.05) is 53.6 Å². The number of amides is 1. The van der Waals surface area contributed by atoms with Crippen LogP contribution in [0.15, 0.2) is 5.16 Å². The molecule has 0 bridgehead atoms. The highest BCUT2D eigenvalue weighted by atomic mass is 16.7. The van der Waals surface area contributed by atoms with E-state index in [1.54, 1.807) is 83.2 Å². The predicted octanol–water partition coefficient (Wildman–Crippen LogP) is 3.18. The number of aliphatic hydroxyl groups is 5. The van der Waals surface area contributed by atoms with Crippen molar-refractivity contribution in [3.8, 4) is 0 Å². The monoisotopic (exact) mass is 744 g/mol. The summed E-state index contributed by atoms with van der Waals surface area (Å²) in [6.07, 6.45) is -8.44. The number of oxime groups is 1. The highest BCUT2D eigenvalue weighted by Crippen LogP contribution is 2.38. The molecule has 14 nitrogen and oxygen atoms in total. The molecule has 0 aliphatic carbocycles. The minimum atomic E-state index is -2.00. The lowest BCUT2D eigenvalue weighted by atomic mass is 9.73. The topological polar surface area (TPSA) is 205 Å². The summed E-state index contributed by atoms with van der Waals surface area (Å²) in [5.41, 5.74) is -5.37. The largest absolute Gasteiger partial charge is 0.459 e. The fourth-order valence-electron chi connectivity index (χ4n) is 7.38. The molecule has 0 aromatic carbocycles. The van der Waals surface area contributed by atoms with Gasteiger partial charge < -0.3 is 49.5 Å². The molecule has 0 aromatic rings. The van der Waals surface area contributed by atoms with Crippen LogP contribution in [0, 0.1) is 34.5 Å². The van der Waals surface area contributed by atoms with Crippen LogP contribution in [-0.4, -0.2) is 121 Å². The summed E-state index contributed by atoms with van der Waals surface area (Å²) >= 11 is 0. The molecule has 2 fully saturated rings. The van der Waals surface area contributed by atoms with Gasteiger partial charge in [0.15, 0.2) is 6.29 Å². The van der Waals surface area contributed by atoms with Crippen LogP contribution < -0.4 is 0 Å². The number of hydrogen-bond donors (Lipinski definition) is 5. The van der Waals surface area contributed by atoms with E-state index in [1.807, 2.05) is 0 Å². The first kappa shape index (κ1) is 46.0. The summed E-state index contributed by atoms with van der Waals surface area (Å²) < 4.78 is 18.3. The van der Waals surface area contributed by atoms with E-state index in [9.17, 15) is 39.9 Å². The molecule has 2 saturated heterocycles. The van der Waals surface area contributed by atoms with E-state index in [0.29, 0.717) is 6.42 Å². The molecule has 0 aromatic heterocycles. The number of nitrogens with zero attached hydrogens (tertiary/aromatic N) is 2. The van der Waals surface area contributed by atoms with E-state index >= 15 is 0 Å². The fraction of sp³-hybridized carbons (Fsp3) is 0.895. The first-order chi connectivity index (χ1) is 23.5. The average Bonchev–Trinajstić information content (AvgIpc) is 3.03. The Balaban J connectivity index is 2.72. The zero-order valence-corrected chi connectivity index (χ0v) is 34.0. The van der Waals surface area contributed by atoms with Gasteiger partial charge in [-0.25, -0.2) is 4.79 Å². The van der Waals surface area contributed by atoms with Crippen molar-refractivity contribution in [2.75, 3.05) is 7.05 Å². The van der Waals surface area contributed by atoms with E-state index < -0.39 is 107 Å². The number of ether oxygens (including phenoxy) is 3. The second-order valence-electron chi connectivity index (χ2n) is 17.9. The Morgan fingerprint density at radius 2 is 1.50 bits per heavy atom. The van der Waals surface area contributed by atoms with Crippen molar-refractivity contribution in [1.29, 1.82) is 0 Å². The van der Waals surface area contributed by atoms with E-state index in [4.69, 9.17) is 19.0 Å². The second-order valence-corrected chi connectivity index (χ2v) is 17.9. The van der Waals surface area contributed by atoms with Crippen molar-refractivity contribution in [2.45, 2.75) is 176 Å². The summed E-state index contributed by atoms with van der Waals surface area (Å²) in [5.74, 6) is -5.58. The maximum Gasteiger partial charge on any atom is 0.340 e. The van der Waals surface area contributed by atoms with Gasteiger partial charge in [-0.05, 0) is 67.7 Å². The van der Waals surface area contributed by atoms with Crippen LogP contribution in [0.4, 0.5) is 0 Å². The molecular formula is C38H68N2O12. The molecular weight excluding hydrogens is 676 g/mol. The van der Waals surface area contributed by atoms with Crippen LogP contribution in [0.1, 0.15) is 116 Å². The van der Waals surface area contributed by atoms with Gasteiger partial charge in [0.2, 0.25) is 5.91 Å². The Morgan fingerprint density at radius 1 is 0.942 bits per heavy atom. The quantitative estimate of drug-likeness (QED) is 0.157. The van der Waals surface area contributed by atoms with Crippen LogP contribution in [0.3, 0.4) is 0 Å². The normalized spacial score (nSPS) is 41.2. The third-order valence-corrected chi connectivity index (χ3v) is 10.8. The molecule has 14 heteroatoms. The van der Waals surface area contributed by atoms with E-state index in [1.165, 1.54) is 25.7 Å². The molecule has 0 saturated carbocycles. The van der Waals surface area contributed by atoms with Crippen LogP contribution in [0.2, 0.25) is 0 Å². The van der Waals surface area contributed by atoms with Crippen molar-refractivity contribution in [3.63, 3.8) is 0 Å². The van der Waals surface area contributed by atoms with Gasteiger partial charge in [-0.15, -0.1) is 0 Å². The third-order valence-electron chi connectivity index (χ3n) is 10.8. The summed E-state index contributed by atoms with van der Waals surface area (Å²) in [7, 11) is 1.61. The van der Waals surface area contributed by atoms with Gasteiger partial charge in [0, 0.05) is 30.2 Å². The number of cyclic esters (lactones) is 1. The lowest BCUT2D eigenvalue weighted by Gasteiger charge is -2.48. The fourth-order valence-corrected chi connectivity index (χ4v) is 7.38. The van der Waals surface area contributed by atoms with E-state index in [-0.39, 0.29) is 24.5 Å². The average molecular weight is 745 g/mol. The molecule has 52 heavy (non-hydrogen) atoms. The predicted molar refractivity (Wildman–Crippen MR) is 194 cm³/mol. The van der Waals surface area contributed by atoms with E-state index in [0.717, 1.165) is 0 Å². The maximum absolute atomic E-state index is 13.5. The smallest absolute Gasteiger partial charge is 0.340 e. The Labute approximate surface area is 310 Å². The summed E-state index contributed by atoms with van der Waals surface area (Å²) in [6, 6.07) is -0.700. The van der Waals surface area contributed by atoms with Crippen LogP contribution in [0.25, 0.3) is 0 Å².